The Bertz CT molecular complexity index is 1130. The van der Waals surface area contributed by atoms with E-state index >= 15 is 0 Å². The Hall–Kier alpha value is -2.82. The van der Waals surface area contributed by atoms with Gasteiger partial charge in [0.25, 0.3) is 5.91 Å². The lowest BCUT2D eigenvalue weighted by molar-refractivity contribution is 0.101. The number of furan rings is 1. The molecule has 152 valence electrons. The second-order valence-corrected chi connectivity index (χ2v) is 9.35. The molecule has 0 aliphatic carbocycles. The van der Waals surface area contributed by atoms with E-state index in [0.29, 0.717) is 21.5 Å². The number of ketones is 1. The molecule has 1 N–H and O–H groups in total. The smallest absolute Gasteiger partial charge is 0.257 e. The van der Waals surface area contributed by atoms with Crippen LogP contribution in [0.2, 0.25) is 0 Å². The number of Topliss-reactive ketones (excluding diaryl/α,β-unsaturated/α-hetero) is 1. The van der Waals surface area contributed by atoms with Crippen molar-refractivity contribution in [1.29, 1.82) is 0 Å². The third-order valence-electron chi connectivity index (χ3n) is 4.12. The Kier molecular flexibility index (Phi) is 5.96. The van der Waals surface area contributed by atoms with Gasteiger partial charge in [0, 0.05) is 19.5 Å². The molecule has 1 amide bonds. The number of benzene rings is 1. The fourth-order valence-corrected chi connectivity index (χ4v) is 4.60. The number of carbonyl (C=O) groups is 2. The molecule has 2 aromatic heterocycles. The van der Waals surface area contributed by atoms with Gasteiger partial charge in [0.2, 0.25) is 10.0 Å². The first-order valence-corrected chi connectivity index (χ1v) is 10.8. The Morgan fingerprint density at radius 2 is 1.90 bits per heavy atom. The number of anilines is 1. The van der Waals surface area contributed by atoms with E-state index in [9.17, 15) is 18.0 Å². The molecule has 0 aliphatic rings. The second-order valence-electron chi connectivity index (χ2n) is 6.31. The van der Waals surface area contributed by atoms with Crippen LogP contribution < -0.4 is 5.32 Å². The van der Waals surface area contributed by atoms with Gasteiger partial charge < -0.3 is 4.42 Å². The van der Waals surface area contributed by atoms with Gasteiger partial charge in [-0.25, -0.2) is 13.4 Å². The number of amides is 1. The molecule has 3 rings (SSSR count). The molecule has 0 aliphatic heterocycles. The zero-order chi connectivity index (χ0) is 21.2. The molecule has 0 saturated heterocycles. The number of carbonyl (C=O) groups excluding carboxylic acids is 2. The van der Waals surface area contributed by atoms with Crippen LogP contribution in [0.4, 0.5) is 5.13 Å². The van der Waals surface area contributed by atoms with Crippen molar-refractivity contribution >= 4 is 38.2 Å². The van der Waals surface area contributed by atoms with Crippen LogP contribution in [-0.2, 0) is 16.6 Å². The first kappa shape index (κ1) is 20.9. The summed E-state index contributed by atoms with van der Waals surface area (Å²) in [5.74, 6) is -0.0359. The summed E-state index contributed by atoms with van der Waals surface area (Å²) in [7, 11) is -2.28. The van der Waals surface area contributed by atoms with Crippen LogP contribution in [-0.4, -0.2) is 36.4 Å². The first-order valence-electron chi connectivity index (χ1n) is 8.57. The highest BCUT2D eigenvalue weighted by molar-refractivity contribution is 7.89. The van der Waals surface area contributed by atoms with Gasteiger partial charge in [0.15, 0.2) is 10.9 Å². The summed E-state index contributed by atoms with van der Waals surface area (Å²) in [6, 6.07) is 8.97. The van der Waals surface area contributed by atoms with E-state index in [2.05, 4.69) is 10.3 Å². The van der Waals surface area contributed by atoms with Gasteiger partial charge in [-0.1, -0.05) is 11.3 Å². The van der Waals surface area contributed by atoms with Gasteiger partial charge >= 0.3 is 0 Å². The van der Waals surface area contributed by atoms with Crippen molar-refractivity contribution in [1.82, 2.24) is 9.29 Å². The first-order chi connectivity index (χ1) is 13.7. The molecule has 29 heavy (non-hydrogen) atoms. The molecule has 0 spiro atoms. The molecule has 0 radical (unpaired) electrons. The highest BCUT2D eigenvalue weighted by atomic mass is 32.2. The summed E-state index contributed by atoms with van der Waals surface area (Å²) in [6.45, 7) is 3.23. The van der Waals surface area contributed by atoms with E-state index in [0.717, 1.165) is 11.3 Å². The number of nitrogens with zero attached hydrogens (tertiary/aromatic N) is 2. The second kappa shape index (κ2) is 8.27. The normalized spacial score (nSPS) is 11.6. The number of hydrogen-bond acceptors (Lipinski definition) is 7. The number of hydrogen-bond donors (Lipinski definition) is 1. The monoisotopic (exact) mass is 433 g/mol. The number of aryl methyl sites for hydroxylation is 1. The Labute approximate surface area is 172 Å². The molecule has 3 aromatic rings. The quantitative estimate of drug-likeness (QED) is 0.573. The molecule has 0 atom stereocenters. The van der Waals surface area contributed by atoms with Crippen molar-refractivity contribution < 1.29 is 22.4 Å². The average Bonchev–Trinajstić information content (AvgIpc) is 3.31. The minimum absolute atomic E-state index is 0.0621. The van der Waals surface area contributed by atoms with E-state index in [1.54, 1.807) is 19.1 Å². The Morgan fingerprint density at radius 3 is 2.45 bits per heavy atom. The minimum atomic E-state index is -3.73. The summed E-state index contributed by atoms with van der Waals surface area (Å²) in [5.41, 5.74) is 0.828. The van der Waals surface area contributed by atoms with Crippen LogP contribution in [0.1, 0.15) is 38.4 Å². The van der Waals surface area contributed by atoms with Crippen LogP contribution in [0.3, 0.4) is 0 Å². The molecule has 1 aromatic carbocycles. The molecule has 8 nitrogen and oxygen atoms in total. The molecule has 0 saturated carbocycles. The lowest BCUT2D eigenvalue weighted by atomic mass is 10.2. The minimum Gasteiger partial charge on any atom is -0.468 e. The number of rotatable bonds is 7. The highest BCUT2D eigenvalue weighted by Gasteiger charge is 2.22. The van der Waals surface area contributed by atoms with Crippen LogP contribution in [0.25, 0.3) is 0 Å². The van der Waals surface area contributed by atoms with Gasteiger partial charge in [0.05, 0.1) is 28.3 Å². The Balaban J connectivity index is 1.72. The van der Waals surface area contributed by atoms with Gasteiger partial charge in [0.1, 0.15) is 5.76 Å². The molecule has 10 heteroatoms. The van der Waals surface area contributed by atoms with Crippen LogP contribution in [0.5, 0.6) is 0 Å². The Morgan fingerprint density at radius 1 is 1.21 bits per heavy atom. The number of aromatic nitrogens is 1. The topological polar surface area (TPSA) is 110 Å². The SMILES string of the molecule is CC(=O)c1sc(NC(=O)c2ccc(S(=O)(=O)N(C)Cc3ccco3)cc2)nc1C. The molecular formula is C19H19N3O5S2. The van der Waals surface area contributed by atoms with Crippen molar-refractivity contribution in [2.75, 3.05) is 12.4 Å². The molecule has 0 fully saturated rings. The average molecular weight is 434 g/mol. The van der Waals surface area contributed by atoms with Gasteiger partial charge in [-0.2, -0.15) is 4.31 Å². The lowest BCUT2D eigenvalue weighted by Crippen LogP contribution is -2.26. The van der Waals surface area contributed by atoms with Crippen molar-refractivity contribution in [2.45, 2.75) is 25.3 Å². The van der Waals surface area contributed by atoms with E-state index in [4.69, 9.17) is 4.42 Å². The predicted octanol–water partition coefficient (Wildman–Crippen LogP) is 3.32. The van der Waals surface area contributed by atoms with Gasteiger partial charge in [-0.05, 0) is 43.3 Å². The third kappa shape index (κ3) is 4.61. The maximum atomic E-state index is 12.7. The zero-order valence-corrected chi connectivity index (χ0v) is 17.6. The largest absolute Gasteiger partial charge is 0.468 e. The maximum absolute atomic E-state index is 12.7. The van der Waals surface area contributed by atoms with Gasteiger partial charge in [-0.3, -0.25) is 14.9 Å². The summed E-state index contributed by atoms with van der Waals surface area (Å²) in [4.78, 5) is 28.6. The lowest BCUT2D eigenvalue weighted by Gasteiger charge is -2.16. The fraction of sp³-hybridized carbons (Fsp3) is 0.211. The van der Waals surface area contributed by atoms with E-state index in [-0.39, 0.29) is 22.8 Å². The number of nitrogens with one attached hydrogen (secondary N) is 1. The summed E-state index contributed by atoms with van der Waals surface area (Å²) in [6.07, 6.45) is 1.48. The number of sulfonamides is 1. The highest BCUT2D eigenvalue weighted by Crippen LogP contribution is 2.24. The zero-order valence-electron chi connectivity index (χ0n) is 16.0. The predicted molar refractivity (Wildman–Crippen MR) is 109 cm³/mol. The van der Waals surface area contributed by atoms with E-state index in [1.807, 2.05) is 0 Å². The van der Waals surface area contributed by atoms with E-state index < -0.39 is 15.9 Å². The van der Waals surface area contributed by atoms with E-state index in [1.165, 1.54) is 48.8 Å². The summed E-state index contributed by atoms with van der Waals surface area (Å²) >= 11 is 1.10. The number of thiazole rings is 1. The fourth-order valence-electron chi connectivity index (χ4n) is 2.61. The van der Waals surface area contributed by atoms with Crippen LogP contribution in [0.15, 0.2) is 52.0 Å². The van der Waals surface area contributed by atoms with Crippen molar-refractivity contribution in [2.24, 2.45) is 0 Å². The maximum Gasteiger partial charge on any atom is 0.257 e. The molecule has 2 heterocycles. The van der Waals surface area contributed by atoms with Crippen molar-refractivity contribution in [3.8, 4) is 0 Å². The molecule has 0 unspecified atom stereocenters. The van der Waals surface area contributed by atoms with Crippen molar-refractivity contribution in [3.05, 3.63) is 64.6 Å². The van der Waals surface area contributed by atoms with Crippen molar-refractivity contribution in [3.63, 3.8) is 0 Å². The van der Waals surface area contributed by atoms with Crippen LogP contribution in [0, 0.1) is 6.92 Å². The summed E-state index contributed by atoms with van der Waals surface area (Å²) < 4.78 is 31.7. The molecule has 0 bridgehead atoms. The summed E-state index contributed by atoms with van der Waals surface area (Å²) in [5, 5.41) is 2.94. The third-order valence-corrected chi connectivity index (χ3v) is 7.11. The molecular weight excluding hydrogens is 414 g/mol. The standard InChI is InChI=1S/C19H19N3O5S2/c1-12-17(13(2)23)28-19(20-12)21-18(24)14-6-8-16(9-7-14)29(25,26)22(3)11-15-5-4-10-27-15/h4-10H,11H2,1-3H3,(H,20,21,24). The van der Waals surface area contributed by atoms with Crippen LogP contribution >= 0.6 is 11.3 Å². The van der Waals surface area contributed by atoms with Gasteiger partial charge in [-0.15, -0.1) is 0 Å².